The number of nitrogens with one attached hydrogen (secondary N) is 1. The monoisotopic (exact) mass is 383 g/mol. The lowest BCUT2D eigenvalue weighted by atomic mass is 10.1. The summed E-state index contributed by atoms with van der Waals surface area (Å²) in [4.78, 5) is 12.0. The molecule has 1 unspecified atom stereocenters. The molecule has 0 aliphatic rings. The molecule has 0 fully saturated rings. The molecule has 2 rings (SSSR count). The van der Waals surface area contributed by atoms with Gasteiger partial charge in [0, 0.05) is 6.08 Å². The van der Waals surface area contributed by atoms with E-state index >= 15 is 0 Å². The molecule has 0 saturated carbocycles. The molecule has 0 bridgehead atoms. The molecule has 2 aromatic rings. The van der Waals surface area contributed by atoms with E-state index in [1.807, 2.05) is 0 Å². The van der Waals surface area contributed by atoms with Crippen LogP contribution in [0, 0.1) is 11.6 Å². The van der Waals surface area contributed by atoms with E-state index in [4.69, 9.17) is 4.74 Å². The molecule has 0 aliphatic carbocycles. The number of ether oxygens (including phenoxy) is 2. The van der Waals surface area contributed by atoms with Crippen LogP contribution in [0.15, 0.2) is 42.5 Å². The van der Waals surface area contributed by atoms with E-state index in [9.17, 15) is 22.4 Å². The Morgan fingerprint density at radius 1 is 1.07 bits per heavy atom. The lowest BCUT2D eigenvalue weighted by Gasteiger charge is -2.13. The smallest absolute Gasteiger partial charge is 0.387 e. The Morgan fingerprint density at radius 2 is 1.81 bits per heavy atom. The van der Waals surface area contributed by atoms with Crippen LogP contribution in [0.2, 0.25) is 0 Å². The maximum atomic E-state index is 13.3. The number of benzene rings is 2. The van der Waals surface area contributed by atoms with Crippen molar-refractivity contribution in [1.82, 2.24) is 5.32 Å². The standard InChI is InChI=1S/C19H17F4NO3/c1-11(13-5-6-14(20)15(21)10-13)24-18(25)8-4-12-3-7-16(27-19(22)23)17(9-12)26-2/h3-11,19H,1-2H3,(H,24,25)/b8-4+. The lowest BCUT2D eigenvalue weighted by Crippen LogP contribution is -2.24. The van der Waals surface area contributed by atoms with Crippen LogP contribution in [0.1, 0.15) is 24.1 Å². The number of carbonyl (C=O) groups is 1. The normalized spacial score (nSPS) is 12.3. The summed E-state index contributed by atoms with van der Waals surface area (Å²) in [7, 11) is 1.30. The quantitative estimate of drug-likeness (QED) is 0.567. The van der Waals surface area contributed by atoms with Gasteiger partial charge in [0.1, 0.15) is 0 Å². The van der Waals surface area contributed by atoms with Crippen molar-refractivity contribution in [2.45, 2.75) is 19.6 Å². The Balaban J connectivity index is 2.04. The second-order valence-electron chi connectivity index (χ2n) is 5.53. The molecule has 1 N–H and O–H groups in total. The van der Waals surface area contributed by atoms with Crippen LogP contribution >= 0.6 is 0 Å². The summed E-state index contributed by atoms with van der Waals surface area (Å²) < 4.78 is 60.1. The maximum Gasteiger partial charge on any atom is 0.387 e. The molecular formula is C19H17F4NO3. The fraction of sp³-hybridized carbons (Fsp3) is 0.211. The molecule has 2 aromatic carbocycles. The average Bonchev–Trinajstić information content (AvgIpc) is 2.62. The second kappa shape index (κ2) is 9.07. The Bertz CT molecular complexity index is 840. The van der Waals surface area contributed by atoms with Crippen molar-refractivity contribution in [3.8, 4) is 11.5 Å². The first-order valence-electron chi connectivity index (χ1n) is 7.86. The van der Waals surface area contributed by atoms with Crippen LogP contribution in [0.4, 0.5) is 17.6 Å². The highest BCUT2D eigenvalue weighted by Crippen LogP contribution is 2.29. The number of halogens is 4. The Kier molecular flexibility index (Phi) is 6.81. The zero-order chi connectivity index (χ0) is 20.0. The summed E-state index contributed by atoms with van der Waals surface area (Å²) in [6.07, 6.45) is 2.67. The highest BCUT2D eigenvalue weighted by Gasteiger charge is 2.12. The highest BCUT2D eigenvalue weighted by molar-refractivity contribution is 5.92. The van der Waals surface area contributed by atoms with E-state index < -0.39 is 30.2 Å². The highest BCUT2D eigenvalue weighted by atomic mass is 19.3. The van der Waals surface area contributed by atoms with Gasteiger partial charge in [-0.15, -0.1) is 0 Å². The first-order chi connectivity index (χ1) is 12.8. The van der Waals surface area contributed by atoms with Crippen molar-refractivity contribution in [2.24, 2.45) is 0 Å². The predicted molar refractivity (Wildman–Crippen MR) is 91.6 cm³/mol. The molecule has 4 nitrogen and oxygen atoms in total. The number of rotatable bonds is 7. The molecule has 8 heteroatoms. The van der Waals surface area contributed by atoms with Crippen LogP contribution in [-0.4, -0.2) is 19.6 Å². The van der Waals surface area contributed by atoms with Crippen LogP contribution in [0.3, 0.4) is 0 Å². The molecule has 0 spiro atoms. The van der Waals surface area contributed by atoms with Crippen LogP contribution in [-0.2, 0) is 4.79 Å². The van der Waals surface area contributed by atoms with Gasteiger partial charge in [-0.2, -0.15) is 8.78 Å². The lowest BCUT2D eigenvalue weighted by molar-refractivity contribution is -0.117. The minimum absolute atomic E-state index is 0.0908. The second-order valence-corrected chi connectivity index (χ2v) is 5.53. The van der Waals surface area contributed by atoms with E-state index in [2.05, 4.69) is 10.1 Å². The molecule has 0 aliphatic heterocycles. The summed E-state index contributed by atoms with van der Waals surface area (Å²) in [5.41, 5.74) is 0.926. The van der Waals surface area contributed by atoms with Gasteiger partial charge in [-0.05, 0) is 48.4 Å². The minimum atomic E-state index is -2.98. The number of hydrogen-bond donors (Lipinski definition) is 1. The van der Waals surface area contributed by atoms with E-state index in [0.717, 1.165) is 12.1 Å². The van der Waals surface area contributed by atoms with Gasteiger partial charge >= 0.3 is 6.61 Å². The van der Waals surface area contributed by atoms with Gasteiger partial charge in [0.2, 0.25) is 5.91 Å². The van der Waals surface area contributed by atoms with Crippen molar-refractivity contribution in [3.05, 3.63) is 65.2 Å². The molecular weight excluding hydrogens is 366 g/mol. The van der Waals surface area contributed by atoms with E-state index in [-0.39, 0.29) is 11.5 Å². The zero-order valence-electron chi connectivity index (χ0n) is 14.5. The molecule has 0 radical (unpaired) electrons. The largest absolute Gasteiger partial charge is 0.493 e. The van der Waals surface area contributed by atoms with E-state index in [1.165, 1.54) is 43.5 Å². The summed E-state index contributed by atoms with van der Waals surface area (Å²) in [6, 6.07) is 7.03. The molecule has 144 valence electrons. The van der Waals surface area contributed by atoms with Crippen LogP contribution in [0.25, 0.3) is 6.08 Å². The Hall–Kier alpha value is -3.03. The summed E-state index contributed by atoms with van der Waals surface area (Å²) in [5, 5.41) is 2.61. The third-order valence-corrected chi connectivity index (χ3v) is 3.63. The predicted octanol–water partition coefficient (Wildman–Crippen LogP) is 4.47. The molecule has 1 atom stereocenters. The molecule has 0 saturated heterocycles. The van der Waals surface area contributed by atoms with Gasteiger partial charge in [-0.25, -0.2) is 8.78 Å². The zero-order valence-corrected chi connectivity index (χ0v) is 14.5. The van der Waals surface area contributed by atoms with Crippen LogP contribution < -0.4 is 14.8 Å². The number of hydrogen-bond acceptors (Lipinski definition) is 3. The van der Waals surface area contributed by atoms with Gasteiger partial charge in [0.05, 0.1) is 13.2 Å². The minimum Gasteiger partial charge on any atom is -0.493 e. The number of carbonyl (C=O) groups excluding carboxylic acids is 1. The first kappa shape index (κ1) is 20.3. The van der Waals surface area contributed by atoms with Gasteiger partial charge in [0.25, 0.3) is 0 Å². The van der Waals surface area contributed by atoms with Crippen molar-refractivity contribution in [1.29, 1.82) is 0 Å². The number of amides is 1. The van der Waals surface area contributed by atoms with E-state index in [0.29, 0.717) is 11.1 Å². The Labute approximate surface area is 153 Å². The van der Waals surface area contributed by atoms with Gasteiger partial charge in [-0.3, -0.25) is 4.79 Å². The third-order valence-electron chi connectivity index (χ3n) is 3.63. The summed E-state index contributed by atoms with van der Waals surface area (Å²) in [6.45, 7) is -1.36. The van der Waals surface area contributed by atoms with Crippen molar-refractivity contribution < 1.29 is 31.8 Å². The van der Waals surface area contributed by atoms with Crippen LogP contribution in [0.5, 0.6) is 11.5 Å². The van der Waals surface area contributed by atoms with E-state index in [1.54, 1.807) is 6.92 Å². The van der Waals surface area contributed by atoms with Crippen molar-refractivity contribution in [2.75, 3.05) is 7.11 Å². The first-order valence-corrected chi connectivity index (χ1v) is 7.86. The number of methoxy groups -OCH3 is 1. The SMILES string of the molecule is COc1cc(/C=C/C(=O)NC(C)c2ccc(F)c(F)c2)ccc1OC(F)F. The van der Waals surface area contributed by atoms with Gasteiger partial charge in [-0.1, -0.05) is 12.1 Å². The van der Waals surface area contributed by atoms with Gasteiger partial charge in [0.15, 0.2) is 23.1 Å². The third kappa shape index (κ3) is 5.73. The summed E-state index contributed by atoms with van der Waals surface area (Å²) in [5.74, 6) is -2.47. The average molecular weight is 383 g/mol. The maximum absolute atomic E-state index is 13.3. The van der Waals surface area contributed by atoms with Gasteiger partial charge < -0.3 is 14.8 Å². The summed E-state index contributed by atoms with van der Waals surface area (Å²) >= 11 is 0. The molecule has 1 amide bonds. The fourth-order valence-electron chi connectivity index (χ4n) is 2.28. The molecule has 0 heterocycles. The Morgan fingerprint density at radius 3 is 2.44 bits per heavy atom. The van der Waals surface area contributed by atoms with Crippen molar-refractivity contribution in [3.63, 3.8) is 0 Å². The fourth-order valence-corrected chi connectivity index (χ4v) is 2.28. The number of alkyl halides is 2. The topological polar surface area (TPSA) is 47.6 Å². The molecule has 0 aromatic heterocycles. The molecule has 27 heavy (non-hydrogen) atoms. The van der Waals surface area contributed by atoms with Crippen molar-refractivity contribution >= 4 is 12.0 Å².